The Morgan fingerprint density at radius 3 is 2.81 bits per heavy atom. The molecule has 1 aliphatic rings. The molecule has 0 radical (unpaired) electrons. The maximum absolute atomic E-state index is 5.52. The number of anilines is 1. The summed E-state index contributed by atoms with van der Waals surface area (Å²) < 4.78 is 13.1. The molecule has 0 aromatic carbocycles. The van der Waals surface area contributed by atoms with Crippen LogP contribution >= 0.6 is 0 Å². The Hall–Kier alpha value is -2.38. The fourth-order valence-electron chi connectivity index (χ4n) is 3.69. The largest absolute Gasteiger partial charge is 0.467 e. The van der Waals surface area contributed by atoms with Gasteiger partial charge in [0.2, 0.25) is 0 Å². The zero-order valence-corrected chi connectivity index (χ0v) is 16.1. The van der Waals surface area contributed by atoms with Crippen LogP contribution in [0.4, 0.5) is 5.82 Å². The molecule has 1 aliphatic heterocycles. The third-order valence-corrected chi connectivity index (χ3v) is 5.35. The van der Waals surface area contributed by atoms with Crippen LogP contribution in [0.25, 0.3) is 11.0 Å². The predicted octanol–water partition coefficient (Wildman–Crippen LogP) is 2.82. The van der Waals surface area contributed by atoms with E-state index in [2.05, 4.69) is 38.6 Å². The summed E-state index contributed by atoms with van der Waals surface area (Å²) in [6, 6.07) is 3.91. The van der Waals surface area contributed by atoms with Gasteiger partial charge in [0, 0.05) is 25.3 Å². The van der Waals surface area contributed by atoms with Gasteiger partial charge in [-0.3, -0.25) is 4.90 Å². The van der Waals surface area contributed by atoms with Crippen LogP contribution in [0.2, 0.25) is 0 Å². The van der Waals surface area contributed by atoms with E-state index < -0.39 is 0 Å². The number of hydrogen-bond donors (Lipinski definition) is 1. The Balaban J connectivity index is 1.48. The first-order chi connectivity index (χ1) is 13.2. The van der Waals surface area contributed by atoms with Crippen molar-refractivity contribution >= 4 is 16.9 Å². The highest BCUT2D eigenvalue weighted by Crippen LogP contribution is 2.29. The average molecular weight is 369 g/mol. The second kappa shape index (κ2) is 8.10. The molecule has 1 N–H and O–H groups in total. The summed E-state index contributed by atoms with van der Waals surface area (Å²) >= 11 is 0. The first-order valence-electron chi connectivity index (χ1n) is 9.61. The van der Waals surface area contributed by atoms with Gasteiger partial charge >= 0.3 is 0 Å². The van der Waals surface area contributed by atoms with Gasteiger partial charge in [-0.05, 0) is 44.5 Å². The van der Waals surface area contributed by atoms with Gasteiger partial charge in [0.05, 0.1) is 31.4 Å². The highest BCUT2D eigenvalue weighted by atomic mass is 16.5. The highest BCUT2D eigenvalue weighted by Gasteiger charge is 2.17. The molecule has 3 aromatic heterocycles. The van der Waals surface area contributed by atoms with Crippen molar-refractivity contribution in [3.05, 3.63) is 41.7 Å². The molecular weight excluding hydrogens is 342 g/mol. The van der Waals surface area contributed by atoms with Gasteiger partial charge in [-0.1, -0.05) is 0 Å². The number of aromatic nitrogens is 3. The number of rotatable bonds is 7. The summed E-state index contributed by atoms with van der Waals surface area (Å²) in [5.74, 6) is 1.84. The van der Waals surface area contributed by atoms with E-state index in [0.717, 1.165) is 68.4 Å². The number of ether oxygens (including phenoxy) is 1. The Morgan fingerprint density at radius 1 is 1.19 bits per heavy atom. The van der Waals surface area contributed by atoms with E-state index in [-0.39, 0.29) is 0 Å². The number of nitrogens with one attached hydrogen (secondary N) is 1. The van der Waals surface area contributed by atoms with Gasteiger partial charge in [0.25, 0.3) is 0 Å². The van der Waals surface area contributed by atoms with Crippen molar-refractivity contribution in [3.63, 3.8) is 0 Å². The van der Waals surface area contributed by atoms with Crippen LogP contribution in [0.15, 0.2) is 29.1 Å². The van der Waals surface area contributed by atoms with Crippen molar-refractivity contribution in [3.8, 4) is 0 Å². The summed E-state index contributed by atoms with van der Waals surface area (Å²) in [5.41, 5.74) is 3.36. The lowest BCUT2D eigenvalue weighted by Crippen LogP contribution is -2.37. The number of morpholine rings is 1. The van der Waals surface area contributed by atoms with Crippen molar-refractivity contribution in [1.29, 1.82) is 0 Å². The van der Waals surface area contributed by atoms with Crippen LogP contribution in [0, 0.1) is 13.8 Å². The number of nitrogens with zero attached hydrogens (tertiary/aromatic N) is 4. The molecule has 3 aromatic rings. The number of aryl methyl sites for hydroxylation is 1. The smallest absolute Gasteiger partial charge is 0.146 e. The fourth-order valence-corrected chi connectivity index (χ4v) is 3.69. The van der Waals surface area contributed by atoms with Crippen LogP contribution in [-0.4, -0.2) is 58.8 Å². The third kappa shape index (κ3) is 3.84. The van der Waals surface area contributed by atoms with Crippen molar-refractivity contribution in [2.45, 2.75) is 26.8 Å². The second-order valence-corrected chi connectivity index (χ2v) is 7.03. The lowest BCUT2D eigenvalue weighted by molar-refractivity contribution is 0.0378. The van der Waals surface area contributed by atoms with Crippen LogP contribution < -0.4 is 5.32 Å². The van der Waals surface area contributed by atoms with E-state index >= 15 is 0 Å². The maximum atomic E-state index is 5.52. The Morgan fingerprint density at radius 2 is 2.04 bits per heavy atom. The second-order valence-electron chi connectivity index (χ2n) is 7.03. The first kappa shape index (κ1) is 18.0. The van der Waals surface area contributed by atoms with Crippen molar-refractivity contribution in [1.82, 2.24) is 19.4 Å². The summed E-state index contributed by atoms with van der Waals surface area (Å²) in [6.45, 7) is 10.7. The molecule has 7 nitrogen and oxygen atoms in total. The Kier molecular flexibility index (Phi) is 5.40. The van der Waals surface area contributed by atoms with Crippen molar-refractivity contribution in [2.75, 3.05) is 44.7 Å². The van der Waals surface area contributed by atoms with Gasteiger partial charge in [-0.15, -0.1) is 0 Å². The van der Waals surface area contributed by atoms with Gasteiger partial charge in [-0.25, -0.2) is 9.97 Å². The van der Waals surface area contributed by atoms with E-state index in [1.165, 1.54) is 11.3 Å². The van der Waals surface area contributed by atoms with Gasteiger partial charge < -0.3 is 19.0 Å². The molecule has 0 amide bonds. The van der Waals surface area contributed by atoms with Crippen LogP contribution in [0.5, 0.6) is 0 Å². The van der Waals surface area contributed by atoms with E-state index in [0.29, 0.717) is 6.54 Å². The quantitative estimate of drug-likeness (QED) is 0.646. The SMILES string of the molecule is Cc1c(C)n(Cc2ccco2)c2ncnc(NCCCN3CCOCC3)c12. The average Bonchev–Trinajstić information content (AvgIpc) is 3.30. The van der Waals surface area contributed by atoms with Crippen molar-refractivity contribution in [2.24, 2.45) is 0 Å². The monoisotopic (exact) mass is 369 g/mol. The molecule has 4 heterocycles. The van der Waals surface area contributed by atoms with Gasteiger partial charge in [0.15, 0.2) is 0 Å². The zero-order chi connectivity index (χ0) is 18.6. The molecule has 27 heavy (non-hydrogen) atoms. The van der Waals surface area contributed by atoms with E-state index in [1.807, 2.05) is 12.1 Å². The molecule has 1 saturated heterocycles. The standard InChI is InChI=1S/C20H27N5O2/c1-15-16(2)25(13-17-5-3-10-27-17)20-18(15)19(22-14-23-20)21-6-4-7-24-8-11-26-12-9-24/h3,5,10,14H,4,6-9,11-13H2,1-2H3,(H,21,22,23). The Labute approximate surface area is 159 Å². The first-order valence-corrected chi connectivity index (χ1v) is 9.61. The van der Waals surface area contributed by atoms with E-state index in [9.17, 15) is 0 Å². The van der Waals surface area contributed by atoms with E-state index in [4.69, 9.17) is 9.15 Å². The number of furan rings is 1. The molecule has 0 aliphatic carbocycles. The van der Waals surface area contributed by atoms with Crippen LogP contribution in [-0.2, 0) is 11.3 Å². The lowest BCUT2D eigenvalue weighted by Gasteiger charge is -2.26. The molecular formula is C20H27N5O2. The van der Waals surface area contributed by atoms with Gasteiger partial charge in [0.1, 0.15) is 23.6 Å². The molecule has 1 fully saturated rings. The molecule has 0 spiro atoms. The number of fused-ring (bicyclic) bond motifs is 1. The molecule has 0 saturated carbocycles. The minimum absolute atomic E-state index is 0.677. The topological polar surface area (TPSA) is 68.4 Å². The fraction of sp³-hybridized carbons (Fsp3) is 0.500. The summed E-state index contributed by atoms with van der Waals surface area (Å²) in [6.07, 6.45) is 4.43. The molecule has 144 valence electrons. The summed E-state index contributed by atoms with van der Waals surface area (Å²) in [5, 5.41) is 4.63. The minimum Gasteiger partial charge on any atom is -0.467 e. The zero-order valence-electron chi connectivity index (χ0n) is 16.1. The Bertz CT molecular complexity index is 882. The third-order valence-electron chi connectivity index (χ3n) is 5.35. The lowest BCUT2D eigenvalue weighted by atomic mass is 10.2. The van der Waals surface area contributed by atoms with E-state index in [1.54, 1.807) is 12.6 Å². The van der Waals surface area contributed by atoms with Crippen LogP contribution in [0.3, 0.4) is 0 Å². The number of hydrogen-bond acceptors (Lipinski definition) is 6. The molecule has 0 bridgehead atoms. The predicted molar refractivity (Wildman–Crippen MR) is 105 cm³/mol. The normalized spacial score (nSPS) is 15.5. The van der Waals surface area contributed by atoms with Crippen molar-refractivity contribution < 1.29 is 9.15 Å². The molecule has 0 unspecified atom stereocenters. The minimum atomic E-state index is 0.677. The van der Waals surface area contributed by atoms with Crippen LogP contribution in [0.1, 0.15) is 23.4 Å². The maximum Gasteiger partial charge on any atom is 0.146 e. The molecule has 0 atom stereocenters. The summed E-state index contributed by atoms with van der Waals surface area (Å²) in [7, 11) is 0. The molecule has 4 rings (SSSR count). The molecule has 7 heteroatoms. The van der Waals surface area contributed by atoms with Gasteiger partial charge in [-0.2, -0.15) is 0 Å². The summed E-state index contributed by atoms with van der Waals surface area (Å²) in [4.78, 5) is 11.5. The highest BCUT2D eigenvalue weighted by molar-refractivity contribution is 5.91.